The maximum Gasteiger partial charge on any atom is 0.336 e. The normalized spacial score (nSPS) is 11.7. The van der Waals surface area contributed by atoms with Gasteiger partial charge in [-0.05, 0) is 23.8 Å². The summed E-state index contributed by atoms with van der Waals surface area (Å²) >= 11 is 17.2. The van der Waals surface area contributed by atoms with Gasteiger partial charge in [0.15, 0.2) is 5.76 Å². The Kier molecular flexibility index (Phi) is 5.63. The molecule has 2 aromatic rings. The fourth-order valence-electron chi connectivity index (χ4n) is 1.87. The van der Waals surface area contributed by atoms with Crippen molar-refractivity contribution in [2.24, 2.45) is 0 Å². The molecule has 1 aromatic heterocycles. The zero-order valence-corrected chi connectivity index (χ0v) is 14.6. The van der Waals surface area contributed by atoms with Crippen molar-refractivity contribution in [1.82, 2.24) is 0 Å². The molecule has 1 heterocycles. The number of rotatable bonds is 4. The van der Waals surface area contributed by atoms with E-state index < -0.39 is 9.42 Å². The van der Waals surface area contributed by atoms with Crippen molar-refractivity contribution in [2.45, 2.75) is 3.79 Å². The molecule has 0 unspecified atom stereocenters. The maximum atomic E-state index is 11.6. The molecule has 0 N–H and O–H groups in total. The first-order valence-corrected chi connectivity index (χ1v) is 7.59. The van der Waals surface area contributed by atoms with E-state index in [9.17, 15) is 4.79 Å². The van der Waals surface area contributed by atoms with Gasteiger partial charge in [0.1, 0.15) is 11.5 Å². The Labute approximate surface area is 148 Å². The molecule has 0 aliphatic rings. The summed E-state index contributed by atoms with van der Waals surface area (Å²) in [5.74, 6) is 1.26. The predicted molar refractivity (Wildman–Crippen MR) is 92.7 cm³/mol. The molecule has 0 amide bonds. The molecule has 1 aromatic carbocycles. The average Bonchev–Trinajstić information content (AvgIpc) is 2.51. The third kappa shape index (κ3) is 4.67. The van der Waals surface area contributed by atoms with Crippen molar-refractivity contribution in [3.8, 4) is 11.5 Å². The highest BCUT2D eigenvalue weighted by Crippen LogP contribution is 2.38. The minimum atomic E-state index is -1.80. The quantitative estimate of drug-likeness (QED) is 0.730. The van der Waals surface area contributed by atoms with Crippen molar-refractivity contribution in [3.05, 3.63) is 57.6 Å². The number of hydrogen-bond acceptors (Lipinski definition) is 4. The Morgan fingerprint density at radius 2 is 1.78 bits per heavy atom. The second-order valence-corrected chi connectivity index (χ2v) is 6.79. The van der Waals surface area contributed by atoms with E-state index in [0.717, 1.165) is 5.56 Å². The number of benzene rings is 1. The van der Waals surface area contributed by atoms with Crippen molar-refractivity contribution >= 4 is 47.0 Å². The van der Waals surface area contributed by atoms with Crippen LogP contribution in [-0.2, 0) is 3.79 Å². The van der Waals surface area contributed by atoms with Crippen LogP contribution in [0.3, 0.4) is 0 Å². The summed E-state index contributed by atoms with van der Waals surface area (Å²) in [6.45, 7) is 0. The average molecular weight is 376 g/mol. The molecule has 122 valence electrons. The molecular weight excluding hydrogens is 363 g/mol. The number of ether oxygens (including phenoxy) is 2. The van der Waals surface area contributed by atoms with Crippen LogP contribution in [0.5, 0.6) is 11.5 Å². The molecule has 0 aliphatic carbocycles. The molecule has 23 heavy (non-hydrogen) atoms. The zero-order valence-electron chi connectivity index (χ0n) is 12.3. The van der Waals surface area contributed by atoms with Crippen molar-refractivity contribution in [3.63, 3.8) is 0 Å². The van der Waals surface area contributed by atoms with Gasteiger partial charge in [-0.3, -0.25) is 0 Å². The molecule has 0 aliphatic heterocycles. The van der Waals surface area contributed by atoms with Crippen LogP contribution in [-0.4, -0.2) is 14.2 Å². The summed E-state index contributed by atoms with van der Waals surface area (Å²) in [5, 5.41) is 0. The smallest absolute Gasteiger partial charge is 0.336 e. The van der Waals surface area contributed by atoms with Crippen LogP contribution in [0.25, 0.3) is 12.2 Å². The Balaban J connectivity index is 2.37. The van der Waals surface area contributed by atoms with E-state index in [4.69, 9.17) is 48.7 Å². The van der Waals surface area contributed by atoms with Gasteiger partial charge in [0.2, 0.25) is 3.79 Å². The van der Waals surface area contributed by atoms with E-state index in [-0.39, 0.29) is 5.76 Å². The maximum absolute atomic E-state index is 11.6. The summed E-state index contributed by atoms with van der Waals surface area (Å²) < 4.78 is 13.5. The van der Waals surface area contributed by atoms with Crippen LogP contribution >= 0.6 is 34.8 Å². The lowest BCUT2D eigenvalue weighted by molar-refractivity contribution is 0.394. The van der Waals surface area contributed by atoms with Crippen molar-refractivity contribution in [1.29, 1.82) is 0 Å². The van der Waals surface area contributed by atoms with Gasteiger partial charge in [0, 0.05) is 17.7 Å². The van der Waals surface area contributed by atoms with E-state index in [0.29, 0.717) is 17.1 Å². The molecule has 0 bridgehead atoms. The molecule has 7 heteroatoms. The second kappa shape index (κ2) is 7.30. The molecule has 0 fully saturated rings. The molecule has 0 atom stereocenters. The van der Waals surface area contributed by atoms with Crippen LogP contribution in [0.1, 0.15) is 16.9 Å². The van der Waals surface area contributed by atoms with Crippen LogP contribution in [0.2, 0.25) is 0 Å². The first kappa shape index (κ1) is 17.7. The lowest BCUT2D eigenvalue weighted by atomic mass is 10.1. The van der Waals surface area contributed by atoms with E-state index in [1.807, 2.05) is 6.07 Å². The zero-order chi connectivity index (χ0) is 17.0. The van der Waals surface area contributed by atoms with E-state index in [1.165, 1.54) is 12.1 Å². The van der Waals surface area contributed by atoms with Crippen LogP contribution in [0.4, 0.5) is 0 Å². The summed E-state index contributed by atoms with van der Waals surface area (Å²) in [6, 6.07) is 8.17. The first-order chi connectivity index (χ1) is 10.8. The molecule has 0 saturated carbocycles. The standard InChI is InChI=1S/C16H13Cl3O4/c1-21-12-6-5-11(13(9-12)22-2)4-3-10-7-14(16(17,18)19)23-15(20)8-10/h3-9H,1-2H3. The minimum Gasteiger partial charge on any atom is -0.497 e. The van der Waals surface area contributed by atoms with Gasteiger partial charge in [0.05, 0.1) is 14.2 Å². The summed E-state index contributed by atoms with van der Waals surface area (Å²) in [6.07, 6.45) is 3.47. The van der Waals surface area contributed by atoms with Gasteiger partial charge >= 0.3 is 5.63 Å². The molecule has 0 saturated heterocycles. The first-order valence-electron chi connectivity index (χ1n) is 6.46. The van der Waals surface area contributed by atoms with Gasteiger partial charge in [-0.25, -0.2) is 4.79 Å². The Bertz CT molecular complexity index is 776. The summed E-state index contributed by atoms with van der Waals surface area (Å²) in [7, 11) is 3.13. The lowest BCUT2D eigenvalue weighted by Crippen LogP contribution is -2.07. The highest BCUT2D eigenvalue weighted by atomic mass is 35.6. The molecule has 2 rings (SSSR count). The number of methoxy groups -OCH3 is 2. The van der Waals surface area contributed by atoms with Crippen LogP contribution in [0.15, 0.2) is 39.5 Å². The monoisotopic (exact) mass is 374 g/mol. The van der Waals surface area contributed by atoms with Crippen LogP contribution in [0, 0.1) is 0 Å². The topological polar surface area (TPSA) is 48.7 Å². The van der Waals surface area contributed by atoms with E-state index in [2.05, 4.69) is 0 Å². The number of hydrogen-bond donors (Lipinski definition) is 0. The second-order valence-electron chi connectivity index (χ2n) is 4.51. The molecular formula is C16H13Cl3O4. The third-order valence-electron chi connectivity index (χ3n) is 2.97. The van der Waals surface area contributed by atoms with Gasteiger partial charge in [-0.1, -0.05) is 47.0 Å². The largest absolute Gasteiger partial charge is 0.497 e. The van der Waals surface area contributed by atoms with Crippen LogP contribution < -0.4 is 15.1 Å². The fraction of sp³-hybridized carbons (Fsp3) is 0.188. The third-order valence-corrected chi connectivity index (χ3v) is 3.53. The highest BCUT2D eigenvalue weighted by Gasteiger charge is 2.26. The van der Waals surface area contributed by atoms with Gasteiger partial charge in [0.25, 0.3) is 0 Å². The van der Waals surface area contributed by atoms with Crippen molar-refractivity contribution in [2.75, 3.05) is 14.2 Å². The van der Waals surface area contributed by atoms with Gasteiger partial charge < -0.3 is 13.9 Å². The Morgan fingerprint density at radius 3 is 2.39 bits per heavy atom. The fourth-order valence-corrected chi connectivity index (χ4v) is 2.15. The Hall–Kier alpha value is -1.62. The van der Waals surface area contributed by atoms with E-state index in [1.54, 1.807) is 38.5 Å². The number of alkyl halides is 3. The predicted octanol–water partition coefficient (Wildman–Crippen LogP) is 4.65. The number of halogens is 3. The van der Waals surface area contributed by atoms with Gasteiger partial charge in [-0.2, -0.15) is 0 Å². The summed E-state index contributed by atoms with van der Waals surface area (Å²) in [5.41, 5.74) is 0.743. The highest BCUT2D eigenvalue weighted by molar-refractivity contribution is 6.66. The Morgan fingerprint density at radius 1 is 1.04 bits per heavy atom. The molecule has 4 nitrogen and oxygen atoms in total. The molecule has 0 spiro atoms. The SMILES string of the molecule is COc1ccc(C=Cc2cc(C(Cl)(Cl)Cl)oc(=O)c2)c(OC)c1. The summed E-state index contributed by atoms with van der Waals surface area (Å²) in [4.78, 5) is 11.6. The van der Waals surface area contributed by atoms with Crippen molar-refractivity contribution < 1.29 is 13.9 Å². The van der Waals surface area contributed by atoms with Gasteiger partial charge in [-0.15, -0.1) is 0 Å². The van der Waals surface area contributed by atoms with E-state index >= 15 is 0 Å². The molecule has 0 radical (unpaired) electrons. The lowest BCUT2D eigenvalue weighted by Gasteiger charge is -2.09. The minimum absolute atomic E-state index is 0.0451.